The van der Waals surface area contributed by atoms with Gasteiger partial charge in [0.1, 0.15) is 0 Å². The predicted molar refractivity (Wildman–Crippen MR) is 70.6 cm³/mol. The van der Waals surface area contributed by atoms with Gasteiger partial charge in [0.25, 0.3) is 0 Å². The third kappa shape index (κ3) is 2.22. The Morgan fingerprint density at radius 1 is 1.12 bits per heavy atom. The largest absolute Gasteiger partial charge is 0.374 e. The van der Waals surface area contributed by atoms with Crippen LogP contribution in [0.15, 0.2) is 36.4 Å². The van der Waals surface area contributed by atoms with Gasteiger partial charge in [-0.25, -0.2) is 0 Å². The Kier molecular flexibility index (Phi) is 3.28. The van der Waals surface area contributed by atoms with Crippen LogP contribution in [0.4, 0.5) is 5.69 Å². The summed E-state index contributed by atoms with van der Waals surface area (Å²) in [4.78, 5) is 0. The van der Waals surface area contributed by atoms with Gasteiger partial charge in [-0.15, -0.1) is 5.92 Å². The van der Waals surface area contributed by atoms with Gasteiger partial charge in [-0.3, -0.25) is 0 Å². The summed E-state index contributed by atoms with van der Waals surface area (Å²) in [5.74, 6) is 5.81. The van der Waals surface area contributed by atoms with Crippen LogP contribution in [-0.2, 0) is 0 Å². The first-order chi connectivity index (χ1) is 8.36. The van der Waals surface area contributed by atoms with Gasteiger partial charge in [0.05, 0.1) is 18.2 Å². The highest BCUT2D eigenvalue weighted by atomic mass is 14.9. The van der Waals surface area contributed by atoms with Crippen LogP contribution in [0.25, 0.3) is 10.8 Å². The Bertz CT molecular complexity index is 639. The standard InChI is InChI=1S/C15H12N2/c1-2-3-10-17-15-9-8-12(11-16)13-6-4-5-7-14(13)15/h4-9,17H,10H2,1H3. The molecule has 0 aliphatic rings. The first kappa shape index (κ1) is 11.0. The number of nitrogens with one attached hydrogen (secondary N) is 1. The molecule has 0 aliphatic carbocycles. The minimum absolute atomic E-state index is 0.617. The first-order valence-corrected chi connectivity index (χ1v) is 5.42. The molecule has 2 nitrogen and oxygen atoms in total. The Morgan fingerprint density at radius 3 is 2.59 bits per heavy atom. The molecule has 82 valence electrons. The molecule has 0 bridgehead atoms. The topological polar surface area (TPSA) is 35.8 Å². The van der Waals surface area contributed by atoms with Gasteiger partial charge in [0.15, 0.2) is 0 Å². The van der Waals surface area contributed by atoms with Crippen LogP contribution in [0.3, 0.4) is 0 Å². The average Bonchev–Trinajstić information content (AvgIpc) is 2.39. The van der Waals surface area contributed by atoms with Gasteiger partial charge in [0.2, 0.25) is 0 Å². The number of anilines is 1. The minimum atomic E-state index is 0.617. The van der Waals surface area contributed by atoms with Gasteiger partial charge in [0, 0.05) is 16.5 Å². The Morgan fingerprint density at radius 2 is 1.88 bits per heavy atom. The zero-order chi connectivity index (χ0) is 12.1. The number of nitriles is 1. The fourth-order valence-corrected chi connectivity index (χ4v) is 1.78. The molecule has 0 aromatic heterocycles. The van der Waals surface area contributed by atoms with Crippen molar-refractivity contribution >= 4 is 16.5 Å². The van der Waals surface area contributed by atoms with Crippen molar-refractivity contribution in [2.45, 2.75) is 6.92 Å². The second-order valence-electron chi connectivity index (χ2n) is 3.60. The van der Waals surface area contributed by atoms with E-state index in [9.17, 15) is 0 Å². The van der Waals surface area contributed by atoms with Gasteiger partial charge in [-0.1, -0.05) is 30.2 Å². The summed E-state index contributed by atoms with van der Waals surface area (Å²) in [6, 6.07) is 13.9. The van der Waals surface area contributed by atoms with Crippen LogP contribution >= 0.6 is 0 Å². The van der Waals surface area contributed by atoms with Crippen molar-refractivity contribution in [1.82, 2.24) is 0 Å². The molecular formula is C15H12N2. The van der Waals surface area contributed by atoms with E-state index in [-0.39, 0.29) is 0 Å². The fourth-order valence-electron chi connectivity index (χ4n) is 1.78. The van der Waals surface area contributed by atoms with Gasteiger partial charge < -0.3 is 5.32 Å². The van der Waals surface area contributed by atoms with Crippen molar-refractivity contribution in [3.8, 4) is 17.9 Å². The van der Waals surface area contributed by atoms with Crippen LogP contribution < -0.4 is 5.32 Å². The monoisotopic (exact) mass is 220 g/mol. The lowest BCUT2D eigenvalue weighted by Crippen LogP contribution is -1.99. The highest BCUT2D eigenvalue weighted by Gasteiger charge is 2.03. The van der Waals surface area contributed by atoms with E-state index < -0.39 is 0 Å². The van der Waals surface area contributed by atoms with E-state index in [4.69, 9.17) is 5.26 Å². The van der Waals surface area contributed by atoms with Gasteiger partial charge in [-0.2, -0.15) is 5.26 Å². The summed E-state index contributed by atoms with van der Waals surface area (Å²) in [7, 11) is 0. The van der Waals surface area contributed by atoms with Crippen molar-refractivity contribution < 1.29 is 0 Å². The number of fused-ring (bicyclic) bond motifs is 1. The van der Waals surface area contributed by atoms with Crippen LogP contribution in [-0.4, -0.2) is 6.54 Å². The summed E-state index contributed by atoms with van der Waals surface area (Å²) in [6.07, 6.45) is 0. The lowest BCUT2D eigenvalue weighted by Gasteiger charge is -2.08. The highest BCUT2D eigenvalue weighted by molar-refractivity contribution is 5.97. The van der Waals surface area contributed by atoms with Crippen molar-refractivity contribution in [3.63, 3.8) is 0 Å². The Hall–Kier alpha value is -2.45. The summed E-state index contributed by atoms with van der Waals surface area (Å²) < 4.78 is 0. The molecule has 0 atom stereocenters. The third-order valence-corrected chi connectivity index (χ3v) is 2.59. The first-order valence-electron chi connectivity index (χ1n) is 5.42. The van der Waals surface area contributed by atoms with Crippen LogP contribution in [0, 0.1) is 23.2 Å². The molecule has 17 heavy (non-hydrogen) atoms. The van der Waals surface area contributed by atoms with Gasteiger partial charge >= 0.3 is 0 Å². The van der Waals surface area contributed by atoms with Crippen molar-refractivity contribution in [2.75, 3.05) is 11.9 Å². The molecular weight excluding hydrogens is 208 g/mol. The maximum absolute atomic E-state index is 9.05. The molecule has 1 N–H and O–H groups in total. The maximum atomic E-state index is 9.05. The Labute approximate surface area is 101 Å². The van der Waals surface area contributed by atoms with E-state index in [0.717, 1.165) is 16.5 Å². The van der Waals surface area contributed by atoms with Gasteiger partial charge in [-0.05, 0) is 19.1 Å². The van der Waals surface area contributed by atoms with E-state index in [0.29, 0.717) is 12.1 Å². The summed E-state index contributed by atoms with van der Waals surface area (Å²) in [6.45, 7) is 2.44. The molecule has 0 aliphatic heterocycles. The van der Waals surface area contributed by atoms with Crippen LogP contribution in [0.2, 0.25) is 0 Å². The molecule has 0 saturated carbocycles. The third-order valence-electron chi connectivity index (χ3n) is 2.59. The second kappa shape index (κ2) is 5.05. The Balaban J connectivity index is 2.50. The van der Waals surface area contributed by atoms with Crippen molar-refractivity contribution in [1.29, 1.82) is 5.26 Å². The molecule has 0 heterocycles. The molecule has 2 heteroatoms. The SMILES string of the molecule is CC#CCNc1ccc(C#N)c2ccccc12. The van der Waals surface area contributed by atoms with E-state index >= 15 is 0 Å². The summed E-state index contributed by atoms with van der Waals surface area (Å²) in [5, 5.41) is 14.3. The van der Waals surface area contributed by atoms with E-state index in [1.165, 1.54) is 0 Å². The fraction of sp³-hybridized carbons (Fsp3) is 0.133. The maximum Gasteiger partial charge on any atom is 0.0998 e. The summed E-state index contributed by atoms with van der Waals surface area (Å²) in [5.41, 5.74) is 1.72. The lowest BCUT2D eigenvalue weighted by molar-refractivity contribution is 1.39. The smallest absolute Gasteiger partial charge is 0.0998 e. The molecule has 0 saturated heterocycles. The zero-order valence-electron chi connectivity index (χ0n) is 9.62. The second-order valence-corrected chi connectivity index (χ2v) is 3.60. The number of rotatable bonds is 2. The van der Waals surface area contributed by atoms with E-state index in [2.05, 4.69) is 23.2 Å². The zero-order valence-corrected chi connectivity index (χ0v) is 9.62. The molecule has 2 rings (SSSR count). The van der Waals surface area contributed by atoms with E-state index in [1.54, 1.807) is 0 Å². The van der Waals surface area contributed by atoms with Crippen molar-refractivity contribution in [2.24, 2.45) is 0 Å². The molecule has 0 amide bonds. The van der Waals surface area contributed by atoms with Crippen LogP contribution in [0.5, 0.6) is 0 Å². The molecule has 0 fully saturated rings. The molecule has 2 aromatic rings. The number of benzene rings is 2. The number of hydrogen-bond acceptors (Lipinski definition) is 2. The predicted octanol–water partition coefficient (Wildman–Crippen LogP) is 3.15. The molecule has 0 unspecified atom stereocenters. The molecule has 0 spiro atoms. The molecule has 0 radical (unpaired) electrons. The lowest BCUT2D eigenvalue weighted by atomic mass is 10.0. The number of hydrogen-bond donors (Lipinski definition) is 1. The molecule has 2 aromatic carbocycles. The van der Waals surface area contributed by atoms with Crippen LogP contribution in [0.1, 0.15) is 12.5 Å². The van der Waals surface area contributed by atoms with Crippen molar-refractivity contribution in [3.05, 3.63) is 42.0 Å². The highest BCUT2D eigenvalue weighted by Crippen LogP contribution is 2.25. The van der Waals surface area contributed by atoms with E-state index in [1.807, 2.05) is 43.3 Å². The number of nitrogens with zero attached hydrogens (tertiary/aromatic N) is 1. The average molecular weight is 220 g/mol. The summed E-state index contributed by atoms with van der Waals surface area (Å²) >= 11 is 0. The normalized spacial score (nSPS) is 9.18. The minimum Gasteiger partial charge on any atom is -0.374 e. The quantitative estimate of drug-likeness (QED) is 0.789.